The first-order valence-electron chi connectivity index (χ1n) is 11.1. The number of aryl methyl sites for hydroxylation is 3. The van der Waals surface area contributed by atoms with Crippen LogP contribution in [0.2, 0.25) is 0 Å². The molecule has 0 spiro atoms. The van der Waals surface area contributed by atoms with Crippen molar-refractivity contribution in [3.8, 4) is 0 Å². The summed E-state index contributed by atoms with van der Waals surface area (Å²) in [7, 11) is 1.87. The molecule has 0 bridgehead atoms. The Kier molecular flexibility index (Phi) is 9.80. The standard InChI is InChI=1S/C21H37N7O/c1-5-6-7-8-9-10-11-12-13-14-15-28-19(23-25-26-28)16-20(29)22-21-17(2)24-27(4)18(21)3/h5-16H2,1-4H3,(H,22,29). The molecule has 0 unspecified atom stereocenters. The molecule has 2 aromatic rings. The van der Waals surface area contributed by atoms with Gasteiger partial charge in [-0.1, -0.05) is 64.7 Å². The summed E-state index contributed by atoms with van der Waals surface area (Å²) in [5.74, 6) is 0.487. The number of carbonyl (C=O) groups excluding carboxylic acids is 1. The SMILES string of the molecule is CCCCCCCCCCCCn1nnnc1CC(=O)Nc1c(C)nn(C)c1C. The Bertz CT molecular complexity index is 750. The van der Waals surface area contributed by atoms with Gasteiger partial charge in [-0.2, -0.15) is 5.10 Å². The molecule has 8 heteroatoms. The average molecular weight is 404 g/mol. The fraction of sp³-hybridized carbons (Fsp3) is 0.762. The first-order valence-corrected chi connectivity index (χ1v) is 11.1. The van der Waals surface area contributed by atoms with Crippen LogP contribution in [0, 0.1) is 13.8 Å². The van der Waals surface area contributed by atoms with Gasteiger partial charge >= 0.3 is 0 Å². The van der Waals surface area contributed by atoms with E-state index in [-0.39, 0.29) is 12.3 Å². The Balaban J connectivity index is 1.66. The monoisotopic (exact) mass is 403 g/mol. The Labute approximate surface area is 174 Å². The predicted molar refractivity (Wildman–Crippen MR) is 115 cm³/mol. The van der Waals surface area contributed by atoms with Crippen molar-refractivity contribution < 1.29 is 4.79 Å². The van der Waals surface area contributed by atoms with Gasteiger partial charge in [-0.05, 0) is 30.7 Å². The number of amides is 1. The van der Waals surface area contributed by atoms with Crippen LogP contribution in [0.3, 0.4) is 0 Å². The lowest BCUT2D eigenvalue weighted by atomic mass is 10.1. The Morgan fingerprint density at radius 3 is 2.17 bits per heavy atom. The molecule has 1 amide bonds. The van der Waals surface area contributed by atoms with Crippen LogP contribution < -0.4 is 5.32 Å². The van der Waals surface area contributed by atoms with E-state index in [4.69, 9.17) is 0 Å². The number of aromatic nitrogens is 6. The summed E-state index contributed by atoms with van der Waals surface area (Å²) in [4.78, 5) is 12.4. The molecular weight excluding hydrogens is 366 g/mol. The number of nitrogens with zero attached hydrogens (tertiary/aromatic N) is 6. The highest BCUT2D eigenvalue weighted by atomic mass is 16.1. The van der Waals surface area contributed by atoms with E-state index in [0.29, 0.717) is 5.82 Å². The minimum atomic E-state index is -0.122. The molecule has 2 heterocycles. The zero-order valence-electron chi connectivity index (χ0n) is 18.6. The highest BCUT2D eigenvalue weighted by molar-refractivity contribution is 5.92. The van der Waals surface area contributed by atoms with E-state index < -0.39 is 0 Å². The molecule has 0 saturated heterocycles. The van der Waals surface area contributed by atoms with Gasteiger partial charge in [0.15, 0.2) is 5.82 Å². The van der Waals surface area contributed by atoms with E-state index in [1.807, 2.05) is 20.9 Å². The number of nitrogens with one attached hydrogen (secondary N) is 1. The lowest BCUT2D eigenvalue weighted by Gasteiger charge is -2.07. The van der Waals surface area contributed by atoms with E-state index in [2.05, 4.69) is 32.9 Å². The van der Waals surface area contributed by atoms with Crippen molar-refractivity contribution in [2.45, 2.75) is 97.9 Å². The molecule has 2 aromatic heterocycles. The summed E-state index contributed by atoms with van der Waals surface area (Å²) in [5.41, 5.74) is 2.51. The van der Waals surface area contributed by atoms with Gasteiger partial charge in [-0.25, -0.2) is 4.68 Å². The summed E-state index contributed by atoms with van der Waals surface area (Å²) < 4.78 is 3.52. The highest BCUT2D eigenvalue weighted by Gasteiger charge is 2.15. The molecule has 0 atom stereocenters. The molecule has 0 radical (unpaired) electrons. The van der Waals surface area contributed by atoms with Crippen LogP contribution in [0.4, 0.5) is 5.69 Å². The van der Waals surface area contributed by atoms with E-state index in [9.17, 15) is 4.79 Å². The lowest BCUT2D eigenvalue weighted by molar-refractivity contribution is -0.115. The highest BCUT2D eigenvalue weighted by Crippen LogP contribution is 2.18. The Morgan fingerprint density at radius 1 is 0.966 bits per heavy atom. The maximum atomic E-state index is 12.4. The summed E-state index contributed by atoms with van der Waals surface area (Å²) in [6.45, 7) is 6.84. The Morgan fingerprint density at radius 2 is 1.59 bits per heavy atom. The fourth-order valence-corrected chi connectivity index (χ4v) is 3.55. The molecule has 29 heavy (non-hydrogen) atoms. The third kappa shape index (κ3) is 7.59. The number of rotatable bonds is 14. The predicted octanol–water partition coefficient (Wildman–Crippen LogP) is 4.13. The normalized spacial score (nSPS) is 11.2. The van der Waals surface area contributed by atoms with Crippen molar-refractivity contribution in [2.75, 3.05) is 5.32 Å². The minimum absolute atomic E-state index is 0.122. The number of unbranched alkanes of at least 4 members (excludes halogenated alkanes) is 9. The molecular formula is C21H37N7O. The number of anilines is 1. The summed E-state index contributed by atoms with van der Waals surface area (Å²) in [6.07, 6.45) is 13.1. The number of carbonyl (C=O) groups is 1. The van der Waals surface area contributed by atoms with Crippen molar-refractivity contribution >= 4 is 11.6 Å². The minimum Gasteiger partial charge on any atom is -0.323 e. The average Bonchev–Trinajstić information content (AvgIpc) is 3.22. The van der Waals surface area contributed by atoms with Gasteiger partial charge in [-0.15, -0.1) is 5.10 Å². The molecule has 0 aromatic carbocycles. The van der Waals surface area contributed by atoms with Crippen molar-refractivity contribution in [2.24, 2.45) is 7.05 Å². The maximum absolute atomic E-state index is 12.4. The third-order valence-corrected chi connectivity index (χ3v) is 5.42. The second kappa shape index (κ2) is 12.3. The molecule has 8 nitrogen and oxygen atoms in total. The summed E-state index contributed by atoms with van der Waals surface area (Å²) in [5, 5.41) is 19.1. The van der Waals surface area contributed by atoms with Crippen LogP contribution >= 0.6 is 0 Å². The smallest absolute Gasteiger partial charge is 0.232 e. The molecule has 2 rings (SSSR count). The van der Waals surface area contributed by atoms with Crippen LogP contribution in [0.5, 0.6) is 0 Å². The van der Waals surface area contributed by atoms with Crippen molar-refractivity contribution in [1.29, 1.82) is 0 Å². The largest absolute Gasteiger partial charge is 0.323 e. The van der Waals surface area contributed by atoms with Gasteiger partial charge in [0.05, 0.1) is 23.5 Å². The van der Waals surface area contributed by atoms with Crippen LogP contribution in [-0.4, -0.2) is 35.9 Å². The maximum Gasteiger partial charge on any atom is 0.232 e. The van der Waals surface area contributed by atoms with Gasteiger partial charge in [0.1, 0.15) is 0 Å². The molecule has 0 saturated carbocycles. The van der Waals surface area contributed by atoms with Crippen molar-refractivity contribution in [3.05, 3.63) is 17.2 Å². The van der Waals surface area contributed by atoms with E-state index in [0.717, 1.165) is 30.0 Å². The first kappa shape index (κ1) is 23.0. The summed E-state index contributed by atoms with van der Waals surface area (Å²) in [6, 6.07) is 0. The fourth-order valence-electron chi connectivity index (χ4n) is 3.55. The van der Waals surface area contributed by atoms with Crippen LogP contribution in [0.1, 0.15) is 88.3 Å². The van der Waals surface area contributed by atoms with Gasteiger partial charge in [0.2, 0.25) is 5.91 Å². The van der Waals surface area contributed by atoms with Crippen molar-refractivity contribution in [3.63, 3.8) is 0 Å². The first-order chi connectivity index (χ1) is 14.0. The number of hydrogen-bond acceptors (Lipinski definition) is 5. The zero-order chi connectivity index (χ0) is 21.1. The quantitative estimate of drug-likeness (QED) is 0.479. The molecule has 0 aliphatic carbocycles. The van der Waals surface area contributed by atoms with Crippen LogP contribution in [0.15, 0.2) is 0 Å². The second-order valence-electron chi connectivity index (χ2n) is 7.89. The molecule has 162 valence electrons. The van der Waals surface area contributed by atoms with Crippen molar-refractivity contribution in [1.82, 2.24) is 30.0 Å². The van der Waals surface area contributed by atoms with Crippen LogP contribution in [-0.2, 0) is 24.8 Å². The zero-order valence-corrected chi connectivity index (χ0v) is 18.6. The van der Waals surface area contributed by atoms with Gasteiger partial charge in [0.25, 0.3) is 0 Å². The third-order valence-electron chi connectivity index (χ3n) is 5.42. The Hall–Kier alpha value is -2.25. The van der Waals surface area contributed by atoms with Gasteiger partial charge in [-0.3, -0.25) is 9.48 Å². The lowest BCUT2D eigenvalue weighted by Crippen LogP contribution is -2.19. The molecule has 1 N–H and O–H groups in total. The van der Waals surface area contributed by atoms with E-state index in [1.165, 1.54) is 57.8 Å². The van der Waals surface area contributed by atoms with Crippen LogP contribution in [0.25, 0.3) is 0 Å². The molecule has 0 aliphatic rings. The van der Waals surface area contributed by atoms with E-state index in [1.54, 1.807) is 9.36 Å². The molecule has 0 fully saturated rings. The topological polar surface area (TPSA) is 90.5 Å². The summed E-state index contributed by atoms with van der Waals surface area (Å²) >= 11 is 0. The van der Waals surface area contributed by atoms with Gasteiger partial charge < -0.3 is 5.32 Å². The number of hydrogen-bond donors (Lipinski definition) is 1. The second-order valence-corrected chi connectivity index (χ2v) is 7.89. The number of tetrazole rings is 1. The van der Waals surface area contributed by atoms with E-state index >= 15 is 0 Å². The molecule has 0 aliphatic heterocycles. The van der Waals surface area contributed by atoms with Gasteiger partial charge in [0, 0.05) is 13.6 Å².